The third-order valence-electron chi connectivity index (χ3n) is 11.3. The maximum Gasteiger partial charge on any atom is 0.497 e. The van der Waals surface area contributed by atoms with Gasteiger partial charge in [0.1, 0.15) is 0 Å². The molecule has 9 rings (SSSR count). The van der Waals surface area contributed by atoms with Crippen molar-refractivity contribution in [1.82, 2.24) is 28.6 Å². The molecule has 20 heteroatoms. The molecule has 1 aliphatic rings. The molecule has 3 aromatic heterocycles. The van der Waals surface area contributed by atoms with Crippen LogP contribution >= 0.6 is 66.7 Å². The minimum Gasteiger partial charge on any atom is -0.399 e. The molecule has 0 radical (unpaired) electrons. The van der Waals surface area contributed by atoms with E-state index >= 15 is 0 Å². The largest absolute Gasteiger partial charge is 0.497 e. The van der Waals surface area contributed by atoms with Crippen molar-refractivity contribution < 1.29 is 26.1 Å². The van der Waals surface area contributed by atoms with E-state index in [4.69, 9.17) is 44.1 Å². The summed E-state index contributed by atoms with van der Waals surface area (Å²) in [5.41, 5.74) is 5.93. The Labute approximate surface area is 404 Å². The molecule has 1 N–H and O–H groups in total. The molecule has 12 nitrogen and oxygen atoms in total. The Bertz CT molecular complexity index is 3330. The van der Waals surface area contributed by atoms with Gasteiger partial charge in [0.05, 0.1) is 66.2 Å². The zero-order valence-electron chi connectivity index (χ0n) is 36.1. The Morgan fingerprint density at radius 3 is 1.48 bits per heavy atom. The zero-order chi connectivity index (χ0) is 46.8. The molecular weight excluding hydrogens is 1050 g/mol. The van der Waals surface area contributed by atoms with Crippen molar-refractivity contribution in [2.75, 3.05) is 0 Å². The minimum atomic E-state index is -3.87. The number of aryl methyl sites for hydroxylation is 5. The second-order valence-corrected chi connectivity index (χ2v) is 22.7. The fraction of sp³-hybridized carbons (Fsp3) is 0.250. The summed E-state index contributed by atoms with van der Waals surface area (Å²) < 4.78 is 68.1. The summed E-state index contributed by atoms with van der Waals surface area (Å²) in [5, 5.41) is 19.1. The number of aromatic amines is 1. The molecular formula is C44H42BBr2Cl3N6O6S2. The molecule has 0 aliphatic carbocycles. The first kappa shape index (κ1) is 48.2. The second kappa shape index (κ2) is 17.8. The molecule has 4 heterocycles. The lowest BCUT2D eigenvalue weighted by Crippen LogP contribution is -2.41. The summed E-state index contributed by atoms with van der Waals surface area (Å²) in [6, 6.07) is 18.8. The van der Waals surface area contributed by atoms with Crippen LogP contribution in [0.15, 0.2) is 104 Å². The standard InChI is InChI=1S/C21H24BClN2O4S.C15H12BrClN2O2S.C8H6BrClN2/c1-13-7-9-15(10-8-13)30(26,27)25-17-11-14(2)19(23)18(16(17)12-24-25)22-28-20(3,4)21(5,6)29-22;1-9-3-5-11(6-4-9)22(20,21)19-13-7-10(2)15(17)14(16)12(13)8-18-19;1-4-2-6-5(3-11-12-6)7(9)8(4)10/h7-12H,1-6H3;3-8H,1-2H3;2-3H,1H3,(H,11,12). The van der Waals surface area contributed by atoms with E-state index in [9.17, 15) is 16.8 Å². The average molecular weight is 1090 g/mol. The molecule has 1 fully saturated rings. The van der Waals surface area contributed by atoms with Gasteiger partial charge in [-0.1, -0.05) is 70.2 Å². The zero-order valence-corrected chi connectivity index (χ0v) is 43.1. The molecule has 8 aromatic rings. The van der Waals surface area contributed by atoms with Gasteiger partial charge >= 0.3 is 7.12 Å². The van der Waals surface area contributed by atoms with Crippen LogP contribution in [0.3, 0.4) is 0 Å². The van der Waals surface area contributed by atoms with Crippen LogP contribution in [0.5, 0.6) is 0 Å². The molecule has 0 spiro atoms. The molecule has 0 bridgehead atoms. The van der Waals surface area contributed by atoms with E-state index in [2.05, 4.69) is 52.3 Å². The second-order valence-electron chi connectivity index (χ2n) is 16.5. The van der Waals surface area contributed by atoms with Crippen molar-refractivity contribution in [2.45, 2.75) is 83.3 Å². The number of benzene rings is 5. The van der Waals surface area contributed by atoms with Crippen LogP contribution in [0.2, 0.25) is 15.1 Å². The van der Waals surface area contributed by atoms with E-state index in [0.29, 0.717) is 41.8 Å². The topological polar surface area (TPSA) is 151 Å². The molecule has 0 amide bonds. The van der Waals surface area contributed by atoms with Crippen LogP contribution in [-0.2, 0) is 29.4 Å². The molecule has 5 aromatic carbocycles. The number of nitrogens with one attached hydrogen (secondary N) is 1. The van der Waals surface area contributed by atoms with E-state index in [1.165, 1.54) is 12.4 Å². The van der Waals surface area contributed by atoms with Crippen molar-refractivity contribution in [2.24, 2.45) is 0 Å². The maximum absolute atomic E-state index is 13.3. The van der Waals surface area contributed by atoms with Gasteiger partial charge in [0, 0.05) is 35.6 Å². The van der Waals surface area contributed by atoms with Crippen LogP contribution in [0.1, 0.15) is 55.5 Å². The number of halogens is 5. The van der Waals surface area contributed by atoms with Crippen molar-refractivity contribution in [3.8, 4) is 0 Å². The summed E-state index contributed by atoms with van der Waals surface area (Å²) in [6.07, 6.45) is 4.76. The van der Waals surface area contributed by atoms with Crippen molar-refractivity contribution in [3.63, 3.8) is 0 Å². The van der Waals surface area contributed by atoms with Gasteiger partial charge in [0.2, 0.25) is 0 Å². The van der Waals surface area contributed by atoms with E-state index < -0.39 is 38.4 Å². The van der Waals surface area contributed by atoms with Crippen LogP contribution in [-0.4, -0.2) is 63.7 Å². The predicted octanol–water partition coefficient (Wildman–Crippen LogP) is 11.4. The summed E-state index contributed by atoms with van der Waals surface area (Å²) in [6.45, 7) is 17.3. The Morgan fingerprint density at radius 2 is 1.00 bits per heavy atom. The number of fused-ring (bicyclic) bond motifs is 3. The molecule has 334 valence electrons. The van der Waals surface area contributed by atoms with Gasteiger partial charge in [-0.2, -0.15) is 40.3 Å². The Balaban J connectivity index is 0.000000157. The lowest BCUT2D eigenvalue weighted by Gasteiger charge is -2.32. The minimum absolute atomic E-state index is 0.169. The summed E-state index contributed by atoms with van der Waals surface area (Å²) in [4.78, 5) is 0.370. The number of hydrogen-bond donors (Lipinski definition) is 1. The number of rotatable bonds is 5. The van der Waals surface area contributed by atoms with Gasteiger partial charge in [0.15, 0.2) is 0 Å². The fourth-order valence-corrected chi connectivity index (χ4v) is 11.2. The van der Waals surface area contributed by atoms with Gasteiger partial charge < -0.3 is 9.31 Å². The average Bonchev–Trinajstić information content (AvgIpc) is 4.02. The van der Waals surface area contributed by atoms with Gasteiger partial charge in [-0.3, -0.25) is 5.10 Å². The molecule has 64 heavy (non-hydrogen) atoms. The summed E-state index contributed by atoms with van der Waals surface area (Å²) in [7, 11) is -8.35. The van der Waals surface area contributed by atoms with Gasteiger partial charge in [-0.25, -0.2) is 0 Å². The summed E-state index contributed by atoms with van der Waals surface area (Å²) >= 11 is 25.7. The van der Waals surface area contributed by atoms with E-state index in [0.717, 1.165) is 56.4 Å². The Kier molecular flexibility index (Phi) is 13.4. The molecule has 1 aliphatic heterocycles. The highest BCUT2D eigenvalue weighted by atomic mass is 79.9. The number of nitrogens with zero attached hydrogens (tertiary/aromatic N) is 5. The quantitative estimate of drug-likeness (QED) is 0.166. The summed E-state index contributed by atoms with van der Waals surface area (Å²) in [5.74, 6) is 0. The van der Waals surface area contributed by atoms with Crippen LogP contribution < -0.4 is 5.46 Å². The fourth-order valence-electron chi connectivity index (χ4n) is 6.83. The van der Waals surface area contributed by atoms with E-state index in [1.54, 1.807) is 66.9 Å². The number of hydrogen-bond acceptors (Lipinski definition) is 9. The smallest absolute Gasteiger partial charge is 0.399 e. The first-order chi connectivity index (χ1) is 29.9. The number of H-pyrrole nitrogens is 1. The SMILES string of the molecule is Cc1cc2[nH]ncc2c(Br)c1Cl.Cc1ccc(S(=O)(=O)n2ncc3c(B4OC(C)(C)C(C)(C)O4)c(Cl)c(C)cc32)cc1.Cc1ccc(S(=O)(=O)n2ncc3c(Br)c(Cl)c(C)cc32)cc1. The molecule has 0 saturated carbocycles. The third kappa shape index (κ3) is 8.80. The maximum atomic E-state index is 13.3. The lowest BCUT2D eigenvalue weighted by molar-refractivity contribution is 0.00578. The lowest BCUT2D eigenvalue weighted by atomic mass is 9.76. The van der Waals surface area contributed by atoms with Crippen molar-refractivity contribution in [3.05, 3.63) is 137 Å². The Morgan fingerprint density at radius 1 is 0.594 bits per heavy atom. The predicted molar refractivity (Wildman–Crippen MR) is 263 cm³/mol. The van der Waals surface area contributed by atoms with E-state index in [-0.39, 0.29) is 9.79 Å². The third-order valence-corrected chi connectivity index (χ3v) is 18.1. The van der Waals surface area contributed by atoms with Crippen LogP contribution in [0.25, 0.3) is 32.7 Å². The van der Waals surface area contributed by atoms with Gasteiger partial charge in [-0.05, 0) is 153 Å². The van der Waals surface area contributed by atoms with Crippen LogP contribution in [0, 0.1) is 34.6 Å². The number of aromatic nitrogens is 6. The highest BCUT2D eigenvalue weighted by molar-refractivity contribution is 9.11. The highest BCUT2D eigenvalue weighted by Crippen LogP contribution is 2.39. The highest BCUT2D eigenvalue weighted by Gasteiger charge is 2.53. The first-order valence-electron chi connectivity index (χ1n) is 19.6. The van der Waals surface area contributed by atoms with Gasteiger partial charge in [-0.15, -0.1) is 0 Å². The van der Waals surface area contributed by atoms with Crippen molar-refractivity contribution >= 4 is 132 Å². The monoisotopic (exact) mass is 1090 g/mol. The molecule has 1 saturated heterocycles. The van der Waals surface area contributed by atoms with Crippen molar-refractivity contribution in [1.29, 1.82) is 0 Å². The first-order valence-corrected chi connectivity index (χ1v) is 25.2. The van der Waals surface area contributed by atoms with Crippen LogP contribution in [0.4, 0.5) is 0 Å². The molecule has 0 atom stereocenters. The van der Waals surface area contributed by atoms with Gasteiger partial charge in [0.25, 0.3) is 20.0 Å². The normalized spacial score (nSPS) is 14.8. The molecule has 0 unspecified atom stereocenters. The van der Waals surface area contributed by atoms with E-state index in [1.807, 2.05) is 68.4 Å². The Hall–Kier alpha value is -3.78.